The number of aromatic hydroxyl groups is 1. The van der Waals surface area contributed by atoms with E-state index in [9.17, 15) is 5.11 Å². The van der Waals surface area contributed by atoms with Crippen LogP contribution < -0.4 is 4.74 Å². The minimum Gasteiger partial charge on any atom is -0.506 e. The first-order valence-electron chi connectivity index (χ1n) is 7.78. The first-order chi connectivity index (χ1) is 12.2. The highest BCUT2D eigenvalue weighted by molar-refractivity contribution is 5.77. The third-order valence-corrected chi connectivity index (χ3v) is 3.70. The molecule has 0 bridgehead atoms. The maximum Gasteiger partial charge on any atom is 0.227 e. The van der Waals surface area contributed by atoms with Gasteiger partial charge >= 0.3 is 0 Å². The number of pyridine rings is 2. The van der Waals surface area contributed by atoms with E-state index in [-0.39, 0.29) is 5.75 Å². The number of fused-ring (bicyclic) bond motifs is 1. The van der Waals surface area contributed by atoms with E-state index in [1.54, 1.807) is 18.3 Å². The van der Waals surface area contributed by atoms with Gasteiger partial charge in [-0.3, -0.25) is 9.97 Å². The molecule has 4 rings (SSSR count). The van der Waals surface area contributed by atoms with Crippen LogP contribution in [0.15, 0.2) is 59.3 Å². The molecule has 3 aromatic heterocycles. The largest absolute Gasteiger partial charge is 0.506 e. The fourth-order valence-electron chi connectivity index (χ4n) is 2.46. The van der Waals surface area contributed by atoms with Crippen molar-refractivity contribution in [3.63, 3.8) is 0 Å². The maximum absolute atomic E-state index is 9.25. The summed E-state index contributed by atoms with van der Waals surface area (Å²) in [5, 5.41) is 9.25. The van der Waals surface area contributed by atoms with Crippen molar-refractivity contribution in [1.82, 2.24) is 15.0 Å². The van der Waals surface area contributed by atoms with Gasteiger partial charge in [-0.2, -0.15) is 0 Å². The molecule has 0 aliphatic rings. The fourth-order valence-corrected chi connectivity index (χ4v) is 2.46. The summed E-state index contributed by atoms with van der Waals surface area (Å²) in [5.74, 6) is 1.36. The zero-order chi connectivity index (χ0) is 17.2. The van der Waals surface area contributed by atoms with Crippen molar-refractivity contribution in [1.29, 1.82) is 0 Å². The van der Waals surface area contributed by atoms with Crippen LogP contribution in [0.3, 0.4) is 0 Å². The molecule has 6 heteroatoms. The van der Waals surface area contributed by atoms with E-state index < -0.39 is 0 Å². The number of benzene rings is 1. The van der Waals surface area contributed by atoms with Gasteiger partial charge in [0.25, 0.3) is 0 Å². The number of hydrogen-bond donors (Lipinski definition) is 1. The quantitative estimate of drug-likeness (QED) is 0.610. The van der Waals surface area contributed by atoms with Crippen molar-refractivity contribution in [3.8, 4) is 23.0 Å². The van der Waals surface area contributed by atoms with E-state index in [2.05, 4.69) is 15.0 Å². The Labute approximate surface area is 143 Å². The lowest BCUT2D eigenvalue weighted by Crippen LogP contribution is -1.97. The molecule has 0 spiro atoms. The number of aryl methyl sites for hydroxylation is 1. The van der Waals surface area contributed by atoms with Crippen molar-refractivity contribution in [2.45, 2.75) is 13.5 Å². The fraction of sp³-hybridized carbons (Fsp3) is 0.105. The second-order valence-electron chi connectivity index (χ2n) is 5.63. The molecular weight excluding hydrogens is 318 g/mol. The topological polar surface area (TPSA) is 81.3 Å². The molecule has 0 saturated carbocycles. The first-order valence-corrected chi connectivity index (χ1v) is 7.78. The average Bonchev–Trinajstić information content (AvgIpc) is 3.05. The molecule has 0 unspecified atom stereocenters. The molecule has 1 N–H and O–H groups in total. The van der Waals surface area contributed by atoms with Crippen molar-refractivity contribution in [3.05, 3.63) is 66.2 Å². The zero-order valence-corrected chi connectivity index (χ0v) is 13.5. The van der Waals surface area contributed by atoms with Crippen LogP contribution >= 0.6 is 0 Å². The second-order valence-corrected chi connectivity index (χ2v) is 5.63. The van der Waals surface area contributed by atoms with Gasteiger partial charge in [-0.25, -0.2) is 4.98 Å². The van der Waals surface area contributed by atoms with E-state index in [4.69, 9.17) is 9.15 Å². The Hall–Kier alpha value is -3.41. The summed E-state index contributed by atoms with van der Waals surface area (Å²) in [7, 11) is 0. The Balaban J connectivity index is 1.56. The Kier molecular flexibility index (Phi) is 3.78. The highest BCUT2D eigenvalue weighted by Crippen LogP contribution is 2.27. The minimum absolute atomic E-state index is 0.131. The van der Waals surface area contributed by atoms with Gasteiger partial charge in [-0.05, 0) is 43.3 Å². The van der Waals surface area contributed by atoms with Gasteiger partial charge < -0.3 is 14.3 Å². The van der Waals surface area contributed by atoms with Crippen molar-refractivity contribution >= 4 is 11.1 Å². The van der Waals surface area contributed by atoms with Crippen LogP contribution in [-0.2, 0) is 6.61 Å². The Morgan fingerprint density at radius 1 is 1.08 bits per heavy atom. The van der Waals surface area contributed by atoms with E-state index in [0.717, 1.165) is 22.5 Å². The molecule has 3 heterocycles. The summed E-state index contributed by atoms with van der Waals surface area (Å²) in [6.07, 6.45) is 3.13. The van der Waals surface area contributed by atoms with Crippen LogP contribution in [-0.4, -0.2) is 20.1 Å². The predicted octanol–water partition coefficient (Wildman–Crippen LogP) is 3.88. The van der Waals surface area contributed by atoms with Crippen molar-refractivity contribution < 1.29 is 14.3 Å². The normalized spacial score (nSPS) is 10.9. The summed E-state index contributed by atoms with van der Waals surface area (Å²) in [6.45, 7) is 2.23. The molecule has 0 atom stereocenters. The van der Waals surface area contributed by atoms with Crippen LogP contribution in [0, 0.1) is 6.92 Å². The van der Waals surface area contributed by atoms with Gasteiger partial charge in [0, 0.05) is 23.5 Å². The van der Waals surface area contributed by atoms with Crippen LogP contribution in [0.4, 0.5) is 0 Å². The second kappa shape index (κ2) is 6.24. The van der Waals surface area contributed by atoms with Gasteiger partial charge in [0.2, 0.25) is 5.89 Å². The number of oxazole rings is 1. The van der Waals surface area contributed by atoms with E-state index in [0.29, 0.717) is 23.8 Å². The predicted molar refractivity (Wildman–Crippen MR) is 92.2 cm³/mol. The van der Waals surface area contributed by atoms with Gasteiger partial charge in [0.05, 0.1) is 11.9 Å². The first kappa shape index (κ1) is 15.1. The van der Waals surface area contributed by atoms with E-state index in [1.165, 1.54) is 6.20 Å². The monoisotopic (exact) mass is 333 g/mol. The van der Waals surface area contributed by atoms with Gasteiger partial charge in [0.15, 0.2) is 5.58 Å². The van der Waals surface area contributed by atoms with Crippen LogP contribution in [0.25, 0.3) is 22.6 Å². The van der Waals surface area contributed by atoms with E-state index in [1.807, 2.05) is 37.3 Å². The molecule has 0 aliphatic carbocycles. The third kappa shape index (κ3) is 3.28. The van der Waals surface area contributed by atoms with E-state index >= 15 is 0 Å². The molecule has 0 amide bonds. The smallest absolute Gasteiger partial charge is 0.227 e. The summed E-state index contributed by atoms with van der Waals surface area (Å²) in [6, 6.07) is 12.6. The SMILES string of the molecule is Cc1cc(-c2nc3cc(OCc4ccc(O)cn4)ccc3o2)ccn1. The number of rotatable bonds is 4. The average molecular weight is 333 g/mol. The Morgan fingerprint density at radius 2 is 2.00 bits per heavy atom. The summed E-state index contributed by atoms with van der Waals surface area (Å²) < 4.78 is 11.5. The Morgan fingerprint density at radius 3 is 2.80 bits per heavy atom. The van der Waals surface area contributed by atoms with Crippen LogP contribution in [0.2, 0.25) is 0 Å². The molecule has 0 radical (unpaired) electrons. The molecule has 25 heavy (non-hydrogen) atoms. The molecule has 1 aromatic carbocycles. The standard InChI is InChI=1S/C19H15N3O3/c1-12-8-13(6-7-20-12)19-22-17-9-16(4-5-18(17)25-19)24-11-14-2-3-15(23)10-21-14/h2-10,23H,11H2,1H3. The zero-order valence-electron chi connectivity index (χ0n) is 13.5. The number of aromatic nitrogens is 3. The van der Waals surface area contributed by atoms with Crippen molar-refractivity contribution in [2.75, 3.05) is 0 Å². The third-order valence-electron chi connectivity index (χ3n) is 3.70. The highest BCUT2D eigenvalue weighted by Gasteiger charge is 2.10. The van der Waals surface area contributed by atoms with Gasteiger partial charge in [-0.15, -0.1) is 0 Å². The van der Waals surface area contributed by atoms with Crippen molar-refractivity contribution in [2.24, 2.45) is 0 Å². The highest BCUT2D eigenvalue weighted by atomic mass is 16.5. The lowest BCUT2D eigenvalue weighted by molar-refractivity contribution is 0.301. The molecule has 0 aliphatic heterocycles. The molecule has 6 nitrogen and oxygen atoms in total. The van der Waals surface area contributed by atoms with Crippen LogP contribution in [0.5, 0.6) is 11.5 Å². The number of ether oxygens (including phenoxy) is 1. The molecular formula is C19H15N3O3. The Bertz CT molecular complexity index is 1030. The van der Waals surface area contributed by atoms with Gasteiger partial charge in [0.1, 0.15) is 23.6 Å². The lowest BCUT2D eigenvalue weighted by atomic mass is 10.2. The molecule has 0 fully saturated rings. The van der Waals surface area contributed by atoms with Crippen LogP contribution in [0.1, 0.15) is 11.4 Å². The van der Waals surface area contributed by atoms with Gasteiger partial charge in [-0.1, -0.05) is 0 Å². The number of hydrogen-bond acceptors (Lipinski definition) is 6. The minimum atomic E-state index is 0.131. The molecule has 124 valence electrons. The molecule has 0 saturated heterocycles. The summed E-state index contributed by atoms with van der Waals surface area (Å²) in [5.41, 5.74) is 3.94. The number of nitrogens with zero attached hydrogens (tertiary/aromatic N) is 3. The summed E-state index contributed by atoms with van der Waals surface area (Å²) >= 11 is 0. The lowest BCUT2D eigenvalue weighted by Gasteiger charge is -2.05. The molecule has 4 aromatic rings. The summed E-state index contributed by atoms with van der Waals surface area (Å²) in [4.78, 5) is 12.8. The maximum atomic E-state index is 9.25.